The first kappa shape index (κ1) is 16.2. The number of aryl methyl sites for hydroxylation is 1. The van der Waals surface area contributed by atoms with Crippen molar-refractivity contribution in [1.82, 2.24) is 0 Å². The van der Waals surface area contributed by atoms with Crippen LogP contribution in [0.5, 0.6) is 0 Å². The minimum absolute atomic E-state index is 1.08. The molecule has 1 aromatic heterocycles. The van der Waals surface area contributed by atoms with Crippen LogP contribution in [0.25, 0.3) is 17.0 Å². The lowest BCUT2D eigenvalue weighted by molar-refractivity contribution is -0.671. The molecule has 1 aliphatic heterocycles. The molecule has 2 aromatic carbocycles. The van der Waals surface area contributed by atoms with Crippen molar-refractivity contribution < 1.29 is 4.57 Å². The summed E-state index contributed by atoms with van der Waals surface area (Å²) >= 11 is 1.85. The molecule has 3 heteroatoms. The maximum absolute atomic E-state index is 2.38. The van der Waals surface area contributed by atoms with Gasteiger partial charge in [-0.1, -0.05) is 49.4 Å². The van der Waals surface area contributed by atoms with Crippen molar-refractivity contribution in [3.05, 3.63) is 71.4 Å². The molecule has 25 heavy (non-hydrogen) atoms. The van der Waals surface area contributed by atoms with Crippen LogP contribution in [0.15, 0.2) is 70.7 Å². The number of anilines is 1. The first-order valence-electron chi connectivity index (χ1n) is 8.91. The van der Waals surface area contributed by atoms with Gasteiger partial charge in [-0.05, 0) is 29.8 Å². The molecule has 1 aliphatic rings. The molecular formula is C22H23N2S+. The van der Waals surface area contributed by atoms with Crippen LogP contribution in [0, 0.1) is 0 Å². The maximum atomic E-state index is 2.38. The van der Waals surface area contributed by atoms with Gasteiger partial charge >= 0.3 is 0 Å². The lowest BCUT2D eigenvalue weighted by atomic mass is 10.1. The second-order valence-corrected chi connectivity index (χ2v) is 7.51. The summed E-state index contributed by atoms with van der Waals surface area (Å²) in [6.45, 7) is 3.32. The highest BCUT2D eigenvalue weighted by atomic mass is 32.2. The number of rotatable bonds is 4. The van der Waals surface area contributed by atoms with E-state index in [1.54, 1.807) is 0 Å². The number of thioether (sulfide) groups is 1. The Labute approximate surface area is 153 Å². The molecule has 0 atom stereocenters. The number of nitrogens with zero attached hydrogens (tertiary/aromatic N) is 2. The van der Waals surface area contributed by atoms with Gasteiger partial charge in [0, 0.05) is 30.5 Å². The van der Waals surface area contributed by atoms with E-state index in [0.29, 0.717) is 0 Å². The fourth-order valence-corrected chi connectivity index (χ4v) is 4.44. The molecule has 0 fully saturated rings. The molecule has 0 unspecified atom stereocenters. The van der Waals surface area contributed by atoms with Crippen molar-refractivity contribution >= 4 is 34.4 Å². The molecule has 0 N–H and O–H groups in total. The van der Waals surface area contributed by atoms with Crippen LogP contribution in [-0.2, 0) is 6.54 Å². The number of fused-ring (bicyclic) bond motifs is 2. The summed E-state index contributed by atoms with van der Waals surface area (Å²) in [6.07, 6.45) is 6.98. The number of unbranched alkanes of at least 4 members (excludes halogenated alkanes) is 1. The van der Waals surface area contributed by atoms with Gasteiger partial charge in [-0.15, -0.1) is 0 Å². The third-order valence-electron chi connectivity index (χ3n) is 4.76. The molecule has 0 radical (unpaired) electrons. The zero-order valence-electron chi connectivity index (χ0n) is 14.8. The number of hydrogen-bond acceptors (Lipinski definition) is 2. The number of para-hydroxylation sites is 2. The maximum Gasteiger partial charge on any atom is 0.213 e. The highest BCUT2D eigenvalue weighted by molar-refractivity contribution is 8.03. The van der Waals surface area contributed by atoms with Crippen LogP contribution in [-0.4, -0.2) is 7.05 Å². The van der Waals surface area contributed by atoms with Crippen LogP contribution in [0.3, 0.4) is 0 Å². The fraction of sp³-hybridized carbons (Fsp3) is 0.227. The largest absolute Gasteiger partial charge is 0.338 e. The predicted octanol–water partition coefficient (Wildman–Crippen LogP) is 5.47. The first-order chi connectivity index (χ1) is 12.3. The van der Waals surface area contributed by atoms with E-state index in [-0.39, 0.29) is 0 Å². The molecule has 3 aromatic rings. The van der Waals surface area contributed by atoms with Gasteiger partial charge in [-0.2, -0.15) is 4.57 Å². The van der Waals surface area contributed by atoms with Gasteiger partial charge in [-0.3, -0.25) is 0 Å². The van der Waals surface area contributed by atoms with Gasteiger partial charge < -0.3 is 4.90 Å². The number of benzene rings is 2. The van der Waals surface area contributed by atoms with Crippen LogP contribution in [0.1, 0.15) is 25.3 Å². The van der Waals surface area contributed by atoms with E-state index in [0.717, 1.165) is 6.54 Å². The molecule has 0 aliphatic carbocycles. The molecule has 2 heterocycles. The third-order valence-corrected chi connectivity index (χ3v) is 5.93. The Bertz CT molecular complexity index is 946. The Morgan fingerprint density at radius 3 is 2.68 bits per heavy atom. The molecule has 0 spiro atoms. The van der Waals surface area contributed by atoms with Crippen LogP contribution in [0.2, 0.25) is 0 Å². The zero-order chi connectivity index (χ0) is 17.2. The van der Waals surface area contributed by atoms with Crippen molar-refractivity contribution in [3.8, 4) is 0 Å². The zero-order valence-corrected chi connectivity index (χ0v) is 15.6. The number of pyridine rings is 1. The molecule has 2 nitrogen and oxygen atoms in total. The van der Waals surface area contributed by atoms with E-state index in [4.69, 9.17) is 0 Å². The summed E-state index contributed by atoms with van der Waals surface area (Å²) in [4.78, 5) is 3.61. The van der Waals surface area contributed by atoms with Crippen molar-refractivity contribution in [1.29, 1.82) is 0 Å². The summed E-state index contributed by atoms with van der Waals surface area (Å²) in [7, 11) is 2.15. The van der Waals surface area contributed by atoms with Crippen molar-refractivity contribution in [3.63, 3.8) is 0 Å². The molecular weight excluding hydrogens is 324 g/mol. The van der Waals surface area contributed by atoms with Gasteiger partial charge in [0.05, 0.1) is 16.1 Å². The van der Waals surface area contributed by atoms with Crippen molar-refractivity contribution in [2.45, 2.75) is 31.2 Å². The summed E-state index contributed by atoms with van der Waals surface area (Å²) in [5.74, 6) is 0. The highest BCUT2D eigenvalue weighted by Gasteiger charge is 2.22. The van der Waals surface area contributed by atoms with Crippen molar-refractivity contribution in [2.24, 2.45) is 0 Å². The molecule has 0 saturated carbocycles. The Morgan fingerprint density at radius 2 is 1.84 bits per heavy atom. The van der Waals surface area contributed by atoms with E-state index >= 15 is 0 Å². The normalized spacial score (nSPS) is 15.1. The molecule has 0 saturated heterocycles. The number of aromatic nitrogens is 1. The van der Waals surface area contributed by atoms with Gasteiger partial charge in [-0.25, -0.2) is 0 Å². The SMILES string of the molecule is CCCC[n+]1ccc(/C=C2/Sc3ccccc3N2C)c2ccccc21. The predicted molar refractivity (Wildman–Crippen MR) is 108 cm³/mol. The van der Waals surface area contributed by atoms with E-state index in [1.165, 1.54) is 44.9 Å². The smallest absolute Gasteiger partial charge is 0.213 e. The average molecular weight is 348 g/mol. The summed E-state index contributed by atoms with van der Waals surface area (Å²) in [5.41, 5.74) is 3.89. The third kappa shape index (κ3) is 3.05. The van der Waals surface area contributed by atoms with Crippen LogP contribution >= 0.6 is 11.8 Å². The molecule has 4 rings (SSSR count). The minimum Gasteiger partial charge on any atom is -0.338 e. The quantitative estimate of drug-likeness (QED) is 0.578. The van der Waals surface area contributed by atoms with Gasteiger partial charge in [0.1, 0.15) is 6.54 Å². The molecule has 126 valence electrons. The van der Waals surface area contributed by atoms with Crippen molar-refractivity contribution in [2.75, 3.05) is 11.9 Å². The lowest BCUT2D eigenvalue weighted by Crippen LogP contribution is -2.34. The Kier molecular flexibility index (Phi) is 4.50. The fourth-order valence-electron chi connectivity index (χ4n) is 3.34. The van der Waals surface area contributed by atoms with E-state index in [1.807, 2.05) is 11.8 Å². The van der Waals surface area contributed by atoms with Gasteiger partial charge in [0.2, 0.25) is 5.52 Å². The van der Waals surface area contributed by atoms with Crippen LogP contribution in [0.4, 0.5) is 5.69 Å². The highest BCUT2D eigenvalue weighted by Crippen LogP contribution is 2.45. The second kappa shape index (κ2) is 6.93. The van der Waals surface area contributed by atoms with E-state index in [2.05, 4.69) is 90.3 Å². The van der Waals surface area contributed by atoms with E-state index in [9.17, 15) is 0 Å². The first-order valence-corrected chi connectivity index (χ1v) is 9.73. The van der Waals surface area contributed by atoms with Crippen LogP contribution < -0.4 is 9.47 Å². The minimum atomic E-state index is 1.08. The van der Waals surface area contributed by atoms with Gasteiger partial charge in [0.25, 0.3) is 0 Å². The monoisotopic (exact) mass is 347 g/mol. The summed E-state index contributed by atoms with van der Waals surface area (Å²) in [6, 6.07) is 19.6. The Hall–Kier alpha value is -2.26. The summed E-state index contributed by atoms with van der Waals surface area (Å²) < 4.78 is 2.38. The molecule has 0 bridgehead atoms. The summed E-state index contributed by atoms with van der Waals surface area (Å²) in [5, 5.41) is 2.59. The Morgan fingerprint density at radius 1 is 1.04 bits per heavy atom. The lowest BCUT2D eigenvalue weighted by Gasteiger charge is -2.13. The second-order valence-electron chi connectivity index (χ2n) is 6.45. The molecule has 0 amide bonds. The number of hydrogen-bond donors (Lipinski definition) is 0. The average Bonchev–Trinajstić information content (AvgIpc) is 2.97. The standard InChI is InChI=1S/C22H23N2S/c1-3-4-14-24-15-13-17(18-9-5-6-10-19(18)24)16-22-23(2)20-11-7-8-12-21(20)25-22/h5-13,15-16H,3-4,14H2,1-2H3/q+1. The van der Waals surface area contributed by atoms with Gasteiger partial charge in [0.15, 0.2) is 6.20 Å². The van der Waals surface area contributed by atoms with E-state index < -0.39 is 0 Å². The topological polar surface area (TPSA) is 7.12 Å². The Balaban J connectivity index is 1.76.